The van der Waals surface area contributed by atoms with Gasteiger partial charge in [0, 0.05) is 39.1 Å². The molecule has 23 heavy (non-hydrogen) atoms. The van der Waals surface area contributed by atoms with Crippen molar-refractivity contribution >= 4 is 11.8 Å². The monoisotopic (exact) mass is 322 g/mol. The molecule has 0 aliphatic carbocycles. The van der Waals surface area contributed by atoms with Crippen molar-refractivity contribution in [2.75, 3.05) is 26.9 Å². The van der Waals surface area contributed by atoms with Gasteiger partial charge in [0.1, 0.15) is 5.75 Å². The Kier molecular flexibility index (Phi) is 5.95. The van der Waals surface area contributed by atoms with Gasteiger partial charge in [0.15, 0.2) is 0 Å². The van der Waals surface area contributed by atoms with Gasteiger partial charge in [0.25, 0.3) is 0 Å². The van der Waals surface area contributed by atoms with Gasteiger partial charge in [-0.25, -0.2) is 0 Å². The van der Waals surface area contributed by atoms with Gasteiger partial charge >= 0.3 is 11.8 Å². The van der Waals surface area contributed by atoms with E-state index in [4.69, 9.17) is 9.47 Å². The fourth-order valence-corrected chi connectivity index (χ4v) is 2.30. The van der Waals surface area contributed by atoms with Crippen LogP contribution < -0.4 is 15.4 Å². The van der Waals surface area contributed by atoms with Gasteiger partial charge in [-0.15, -0.1) is 0 Å². The van der Waals surface area contributed by atoms with Crippen LogP contribution in [0.1, 0.15) is 18.4 Å². The van der Waals surface area contributed by atoms with Gasteiger partial charge in [0.2, 0.25) is 0 Å². The maximum Gasteiger partial charge on any atom is 0.309 e. The summed E-state index contributed by atoms with van der Waals surface area (Å²) in [5.41, 5.74) is -0.172. The van der Waals surface area contributed by atoms with Crippen molar-refractivity contribution in [1.82, 2.24) is 10.6 Å². The number of hydrogen-bond donors (Lipinski definition) is 3. The molecule has 2 amide bonds. The number of methoxy groups -OCH3 is 1. The molecule has 0 bridgehead atoms. The molecule has 7 heteroatoms. The van der Waals surface area contributed by atoms with Crippen LogP contribution in [0.25, 0.3) is 0 Å². The highest BCUT2D eigenvalue weighted by Crippen LogP contribution is 2.19. The highest BCUT2D eigenvalue weighted by Gasteiger charge is 2.30. The average molecular weight is 322 g/mol. The molecule has 1 heterocycles. The topological polar surface area (TPSA) is 96.9 Å². The number of hydrogen-bond acceptors (Lipinski definition) is 5. The van der Waals surface area contributed by atoms with Gasteiger partial charge in [-0.3, -0.25) is 9.59 Å². The quantitative estimate of drug-likeness (QED) is 0.662. The zero-order valence-electron chi connectivity index (χ0n) is 13.1. The van der Waals surface area contributed by atoms with Crippen molar-refractivity contribution in [3.8, 4) is 5.75 Å². The molecule has 7 nitrogen and oxygen atoms in total. The molecule has 3 N–H and O–H groups in total. The molecule has 0 spiro atoms. The number of carbonyl (C=O) groups excluding carboxylic acids is 2. The van der Waals surface area contributed by atoms with E-state index in [-0.39, 0.29) is 13.1 Å². The Morgan fingerprint density at radius 3 is 2.65 bits per heavy atom. The third-order valence-corrected chi connectivity index (χ3v) is 3.79. The number of ether oxygens (including phenoxy) is 2. The first-order chi connectivity index (χ1) is 11.0. The van der Waals surface area contributed by atoms with Gasteiger partial charge < -0.3 is 25.2 Å². The van der Waals surface area contributed by atoms with Crippen molar-refractivity contribution in [3.05, 3.63) is 29.8 Å². The Hall–Kier alpha value is -2.12. The lowest BCUT2D eigenvalue weighted by Crippen LogP contribution is -2.49. The molecule has 0 atom stereocenters. The van der Waals surface area contributed by atoms with Crippen LogP contribution in [0.4, 0.5) is 0 Å². The summed E-state index contributed by atoms with van der Waals surface area (Å²) in [6.45, 7) is 1.17. The van der Waals surface area contributed by atoms with Crippen molar-refractivity contribution in [3.63, 3.8) is 0 Å². The Balaban J connectivity index is 1.77. The molecular weight excluding hydrogens is 300 g/mol. The second-order valence-corrected chi connectivity index (χ2v) is 5.55. The normalized spacial score (nSPS) is 16.4. The third kappa shape index (κ3) is 5.22. The van der Waals surface area contributed by atoms with E-state index in [1.165, 1.54) is 0 Å². The highest BCUT2D eigenvalue weighted by atomic mass is 16.5. The summed E-state index contributed by atoms with van der Waals surface area (Å²) in [7, 11) is 1.56. The number of carbonyl (C=O) groups is 2. The van der Waals surface area contributed by atoms with Crippen molar-refractivity contribution in [2.24, 2.45) is 0 Å². The molecule has 1 aromatic carbocycles. The molecule has 0 aromatic heterocycles. The fraction of sp³-hybridized carbons (Fsp3) is 0.500. The van der Waals surface area contributed by atoms with Crippen molar-refractivity contribution in [1.29, 1.82) is 0 Å². The van der Waals surface area contributed by atoms with E-state index in [0.717, 1.165) is 5.56 Å². The first-order valence-electron chi connectivity index (χ1n) is 7.51. The summed E-state index contributed by atoms with van der Waals surface area (Å²) < 4.78 is 10.3. The Labute approximate surface area is 135 Å². The van der Waals surface area contributed by atoms with Crippen LogP contribution >= 0.6 is 0 Å². The van der Waals surface area contributed by atoms with Crippen LogP contribution in [-0.2, 0) is 20.9 Å². The van der Waals surface area contributed by atoms with Crippen LogP contribution in [0.15, 0.2) is 24.3 Å². The average Bonchev–Trinajstić information content (AvgIpc) is 2.58. The maximum atomic E-state index is 11.8. The molecule has 1 saturated heterocycles. The van der Waals surface area contributed by atoms with Crippen LogP contribution in [0.2, 0.25) is 0 Å². The summed E-state index contributed by atoms with van der Waals surface area (Å²) >= 11 is 0. The van der Waals surface area contributed by atoms with E-state index in [2.05, 4.69) is 10.6 Å². The van der Waals surface area contributed by atoms with Gasteiger partial charge in [0.05, 0.1) is 12.7 Å². The molecule has 1 aliphatic heterocycles. The highest BCUT2D eigenvalue weighted by molar-refractivity contribution is 6.35. The summed E-state index contributed by atoms with van der Waals surface area (Å²) in [6, 6.07) is 7.21. The third-order valence-electron chi connectivity index (χ3n) is 3.79. The van der Waals surface area contributed by atoms with Crippen molar-refractivity contribution in [2.45, 2.75) is 25.0 Å². The first-order valence-corrected chi connectivity index (χ1v) is 7.51. The van der Waals surface area contributed by atoms with Gasteiger partial charge in [-0.05, 0) is 17.7 Å². The van der Waals surface area contributed by atoms with Crippen LogP contribution in [-0.4, -0.2) is 49.4 Å². The molecule has 0 radical (unpaired) electrons. The zero-order chi connectivity index (χ0) is 16.7. The second-order valence-electron chi connectivity index (χ2n) is 5.55. The van der Waals surface area contributed by atoms with E-state index in [1.807, 2.05) is 6.07 Å². The zero-order valence-corrected chi connectivity index (χ0v) is 13.1. The molecular formula is C16H22N2O5. The maximum absolute atomic E-state index is 11.8. The lowest BCUT2D eigenvalue weighted by Gasteiger charge is -2.31. The Morgan fingerprint density at radius 1 is 1.26 bits per heavy atom. The largest absolute Gasteiger partial charge is 0.497 e. The molecule has 0 saturated carbocycles. The predicted molar refractivity (Wildman–Crippen MR) is 82.9 cm³/mol. The first kappa shape index (κ1) is 17.2. The number of amides is 2. The van der Waals surface area contributed by atoms with Crippen LogP contribution in [0, 0.1) is 0 Å². The summed E-state index contributed by atoms with van der Waals surface area (Å²) in [6.07, 6.45) is 0.886. The molecule has 126 valence electrons. The summed E-state index contributed by atoms with van der Waals surface area (Å²) in [4.78, 5) is 23.6. The smallest absolute Gasteiger partial charge is 0.309 e. The van der Waals surface area contributed by atoms with Crippen LogP contribution in [0.3, 0.4) is 0 Å². The lowest BCUT2D eigenvalue weighted by molar-refractivity contribution is -0.140. The summed E-state index contributed by atoms with van der Waals surface area (Å²) in [5, 5.41) is 15.2. The Bertz CT molecular complexity index is 555. The second kappa shape index (κ2) is 7.94. The predicted octanol–water partition coefficient (Wildman–Crippen LogP) is -0.0309. The van der Waals surface area contributed by atoms with Gasteiger partial charge in [-0.1, -0.05) is 12.1 Å². The Morgan fingerprint density at radius 2 is 1.96 bits per heavy atom. The number of benzene rings is 1. The van der Waals surface area contributed by atoms with E-state index < -0.39 is 17.4 Å². The molecule has 1 aliphatic rings. The molecule has 1 aromatic rings. The minimum atomic E-state index is -0.999. The minimum absolute atomic E-state index is 0.0434. The number of aliphatic hydroxyl groups is 1. The fourth-order valence-electron chi connectivity index (χ4n) is 2.30. The van der Waals surface area contributed by atoms with E-state index in [9.17, 15) is 14.7 Å². The van der Waals surface area contributed by atoms with E-state index in [0.29, 0.717) is 31.8 Å². The van der Waals surface area contributed by atoms with Crippen LogP contribution in [0.5, 0.6) is 5.75 Å². The molecule has 1 fully saturated rings. The summed E-state index contributed by atoms with van der Waals surface area (Å²) in [5.74, 6) is -0.806. The minimum Gasteiger partial charge on any atom is -0.497 e. The molecule has 2 rings (SSSR count). The SMILES string of the molecule is COc1cccc(CNC(=O)C(=O)NCC2(O)CCOCC2)c1. The van der Waals surface area contributed by atoms with E-state index >= 15 is 0 Å². The lowest BCUT2D eigenvalue weighted by atomic mass is 9.94. The van der Waals surface area contributed by atoms with Crippen molar-refractivity contribution < 1.29 is 24.2 Å². The molecule has 0 unspecified atom stereocenters. The number of nitrogens with one attached hydrogen (secondary N) is 2. The van der Waals surface area contributed by atoms with E-state index in [1.54, 1.807) is 25.3 Å². The van der Waals surface area contributed by atoms with Gasteiger partial charge in [-0.2, -0.15) is 0 Å². The standard InChI is InChI=1S/C16H22N2O5/c1-22-13-4-2-3-12(9-13)10-17-14(19)15(20)18-11-16(21)5-7-23-8-6-16/h2-4,9,21H,5-8,10-11H2,1H3,(H,17,19)(H,18,20). The number of rotatable bonds is 5.